The molecular weight excluding hydrogens is 192 g/mol. The van der Waals surface area contributed by atoms with Crippen molar-refractivity contribution in [2.45, 2.75) is 20.0 Å². The highest BCUT2D eigenvalue weighted by molar-refractivity contribution is 5.74. The molecule has 4 nitrogen and oxygen atoms in total. The predicted octanol–water partition coefficient (Wildman–Crippen LogP) is 1.86. The van der Waals surface area contributed by atoms with E-state index in [2.05, 4.69) is 4.98 Å². The van der Waals surface area contributed by atoms with Gasteiger partial charge in [0, 0.05) is 19.5 Å². The van der Waals surface area contributed by atoms with E-state index in [1.807, 2.05) is 32.0 Å². The lowest BCUT2D eigenvalue weighted by molar-refractivity contribution is 0.230. The lowest BCUT2D eigenvalue weighted by Crippen LogP contribution is -2.22. The molecule has 2 rings (SSSR count). The van der Waals surface area contributed by atoms with Crippen LogP contribution in [-0.4, -0.2) is 17.6 Å². The second kappa shape index (κ2) is 3.90. The third-order valence-electron chi connectivity index (χ3n) is 2.14. The van der Waals surface area contributed by atoms with Crippen molar-refractivity contribution < 1.29 is 9.15 Å². The Morgan fingerprint density at radius 3 is 3.07 bits per heavy atom. The molecule has 0 spiro atoms. The minimum atomic E-state index is 0.00967. The number of oxazole rings is 1. The molecule has 0 radical (unpaired) electrons. The number of ether oxygens (including phenoxy) is 1. The maximum atomic E-state index is 5.57. The Morgan fingerprint density at radius 1 is 1.53 bits per heavy atom. The topological polar surface area (TPSA) is 61.3 Å². The highest BCUT2D eigenvalue weighted by atomic mass is 16.5. The van der Waals surface area contributed by atoms with E-state index in [1.165, 1.54) is 0 Å². The minimum Gasteiger partial charge on any atom is -0.489 e. The highest BCUT2D eigenvalue weighted by Crippen LogP contribution is 2.21. The van der Waals surface area contributed by atoms with E-state index in [0.29, 0.717) is 12.4 Å². The van der Waals surface area contributed by atoms with Crippen LogP contribution in [0.1, 0.15) is 12.8 Å². The number of nitrogens with zero attached hydrogens (tertiary/aromatic N) is 1. The zero-order valence-corrected chi connectivity index (χ0v) is 8.86. The van der Waals surface area contributed by atoms with Gasteiger partial charge in [0.25, 0.3) is 0 Å². The Kier molecular flexibility index (Phi) is 2.60. The van der Waals surface area contributed by atoms with E-state index in [0.717, 1.165) is 16.8 Å². The van der Waals surface area contributed by atoms with Gasteiger partial charge in [0.15, 0.2) is 11.5 Å². The van der Waals surface area contributed by atoms with Crippen molar-refractivity contribution in [1.82, 2.24) is 4.98 Å². The summed E-state index contributed by atoms with van der Waals surface area (Å²) in [7, 11) is 0. The molecule has 4 heteroatoms. The Morgan fingerprint density at radius 2 is 2.33 bits per heavy atom. The van der Waals surface area contributed by atoms with Crippen molar-refractivity contribution in [3.8, 4) is 5.75 Å². The molecular formula is C11H14N2O2. The molecule has 0 amide bonds. The van der Waals surface area contributed by atoms with Crippen molar-refractivity contribution in [3.05, 3.63) is 24.1 Å². The second-order valence-electron chi connectivity index (χ2n) is 3.53. The van der Waals surface area contributed by atoms with Gasteiger partial charge in [-0.15, -0.1) is 0 Å². The van der Waals surface area contributed by atoms with Gasteiger partial charge in [0.1, 0.15) is 17.4 Å². The van der Waals surface area contributed by atoms with Gasteiger partial charge in [-0.3, -0.25) is 0 Å². The Labute approximate surface area is 88.0 Å². The molecule has 1 aromatic heterocycles. The van der Waals surface area contributed by atoms with Crippen molar-refractivity contribution in [2.24, 2.45) is 5.73 Å². The Hall–Kier alpha value is -1.55. The number of rotatable bonds is 3. The van der Waals surface area contributed by atoms with E-state index in [9.17, 15) is 0 Å². The molecule has 0 aliphatic carbocycles. The van der Waals surface area contributed by atoms with Crippen molar-refractivity contribution in [1.29, 1.82) is 0 Å². The van der Waals surface area contributed by atoms with Crippen LogP contribution in [0.3, 0.4) is 0 Å². The van der Waals surface area contributed by atoms with Crippen LogP contribution in [0.4, 0.5) is 0 Å². The monoisotopic (exact) mass is 206 g/mol. The van der Waals surface area contributed by atoms with Crippen LogP contribution in [0.25, 0.3) is 11.1 Å². The molecule has 0 saturated heterocycles. The lowest BCUT2D eigenvalue weighted by Gasteiger charge is -2.11. The first kappa shape index (κ1) is 9.98. The molecule has 1 aromatic carbocycles. The molecule has 1 atom stereocenters. The van der Waals surface area contributed by atoms with Gasteiger partial charge in [-0.05, 0) is 19.1 Å². The molecule has 80 valence electrons. The van der Waals surface area contributed by atoms with Crippen LogP contribution in [-0.2, 0) is 0 Å². The van der Waals surface area contributed by atoms with E-state index < -0.39 is 0 Å². The summed E-state index contributed by atoms with van der Waals surface area (Å²) in [6.07, 6.45) is 0.00967. The fourth-order valence-electron chi connectivity index (χ4n) is 1.38. The average molecular weight is 206 g/mol. The summed E-state index contributed by atoms with van der Waals surface area (Å²) in [5.41, 5.74) is 7.07. The molecule has 0 aliphatic heterocycles. The van der Waals surface area contributed by atoms with Crippen LogP contribution < -0.4 is 10.5 Å². The highest BCUT2D eigenvalue weighted by Gasteiger charge is 2.05. The standard InChI is InChI=1S/C11H14N2O2/c1-7(6-12)14-9-3-4-11-10(5-9)13-8(2)15-11/h3-5,7H,6,12H2,1-2H3. The smallest absolute Gasteiger partial charge is 0.192 e. The summed E-state index contributed by atoms with van der Waals surface area (Å²) in [6.45, 7) is 4.25. The van der Waals surface area contributed by atoms with E-state index in [1.54, 1.807) is 0 Å². The molecule has 0 aliphatic rings. The van der Waals surface area contributed by atoms with Gasteiger partial charge in [-0.1, -0.05) is 0 Å². The first-order valence-corrected chi connectivity index (χ1v) is 4.93. The molecule has 0 bridgehead atoms. The summed E-state index contributed by atoms with van der Waals surface area (Å²) in [5.74, 6) is 1.43. The quantitative estimate of drug-likeness (QED) is 0.832. The number of fused-ring (bicyclic) bond motifs is 1. The van der Waals surface area contributed by atoms with E-state index in [4.69, 9.17) is 14.9 Å². The fourth-order valence-corrected chi connectivity index (χ4v) is 1.38. The molecule has 2 N–H and O–H groups in total. The number of hydrogen-bond acceptors (Lipinski definition) is 4. The number of benzene rings is 1. The molecule has 0 saturated carbocycles. The molecule has 2 aromatic rings. The van der Waals surface area contributed by atoms with Crippen molar-refractivity contribution in [2.75, 3.05) is 6.54 Å². The SMILES string of the molecule is Cc1nc2cc(OC(C)CN)ccc2o1. The molecule has 15 heavy (non-hydrogen) atoms. The van der Waals surface area contributed by atoms with Crippen molar-refractivity contribution in [3.63, 3.8) is 0 Å². The first-order chi connectivity index (χ1) is 7.19. The van der Waals surface area contributed by atoms with E-state index >= 15 is 0 Å². The zero-order chi connectivity index (χ0) is 10.8. The Bertz CT molecular complexity index is 465. The largest absolute Gasteiger partial charge is 0.489 e. The fraction of sp³-hybridized carbons (Fsp3) is 0.364. The molecule has 1 heterocycles. The van der Waals surface area contributed by atoms with Gasteiger partial charge >= 0.3 is 0 Å². The van der Waals surface area contributed by atoms with Gasteiger partial charge in [-0.2, -0.15) is 0 Å². The average Bonchev–Trinajstić information content (AvgIpc) is 2.57. The van der Waals surface area contributed by atoms with Crippen molar-refractivity contribution >= 4 is 11.1 Å². The summed E-state index contributed by atoms with van der Waals surface area (Å²) >= 11 is 0. The van der Waals surface area contributed by atoms with Crippen LogP contribution in [0.15, 0.2) is 22.6 Å². The van der Waals surface area contributed by atoms with Gasteiger partial charge in [-0.25, -0.2) is 4.98 Å². The predicted molar refractivity (Wildman–Crippen MR) is 57.9 cm³/mol. The minimum absolute atomic E-state index is 0.00967. The van der Waals surface area contributed by atoms with Crippen LogP contribution >= 0.6 is 0 Å². The number of hydrogen-bond donors (Lipinski definition) is 1. The summed E-state index contributed by atoms with van der Waals surface area (Å²) < 4.78 is 10.9. The molecule has 1 unspecified atom stereocenters. The second-order valence-corrected chi connectivity index (χ2v) is 3.53. The van der Waals surface area contributed by atoms with Crippen LogP contribution in [0.2, 0.25) is 0 Å². The third-order valence-corrected chi connectivity index (χ3v) is 2.14. The zero-order valence-electron chi connectivity index (χ0n) is 8.86. The maximum Gasteiger partial charge on any atom is 0.192 e. The Balaban J connectivity index is 2.30. The number of nitrogens with two attached hydrogens (primary N) is 1. The summed E-state index contributed by atoms with van der Waals surface area (Å²) in [6, 6.07) is 5.57. The number of aryl methyl sites for hydroxylation is 1. The number of aromatic nitrogens is 1. The van der Waals surface area contributed by atoms with E-state index in [-0.39, 0.29) is 6.10 Å². The first-order valence-electron chi connectivity index (χ1n) is 4.93. The summed E-state index contributed by atoms with van der Waals surface area (Å²) in [4.78, 5) is 4.23. The normalized spacial score (nSPS) is 13.0. The van der Waals surface area contributed by atoms with Crippen LogP contribution in [0.5, 0.6) is 5.75 Å². The van der Waals surface area contributed by atoms with Gasteiger partial charge in [0.2, 0.25) is 0 Å². The lowest BCUT2D eigenvalue weighted by atomic mass is 10.3. The molecule has 0 fully saturated rings. The maximum absolute atomic E-state index is 5.57. The summed E-state index contributed by atoms with van der Waals surface area (Å²) in [5, 5.41) is 0. The van der Waals surface area contributed by atoms with Crippen LogP contribution in [0, 0.1) is 6.92 Å². The third kappa shape index (κ3) is 2.10. The van der Waals surface area contributed by atoms with Gasteiger partial charge < -0.3 is 14.9 Å². The van der Waals surface area contributed by atoms with Gasteiger partial charge in [0.05, 0.1) is 0 Å².